The molecule has 0 heterocycles. The van der Waals surface area contributed by atoms with Crippen molar-refractivity contribution in [3.63, 3.8) is 0 Å². The summed E-state index contributed by atoms with van der Waals surface area (Å²) in [7, 11) is 0. The fourth-order valence-corrected chi connectivity index (χ4v) is 1.80. The van der Waals surface area contributed by atoms with Crippen molar-refractivity contribution in [3.05, 3.63) is 34.9 Å². The molecule has 6 heteroatoms. The van der Waals surface area contributed by atoms with Crippen molar-refractivity contribution in [1.29, 1.82) is 0 Å². The van der Waals surface area contributed by atoms with Crippen molar-refractivity contribution in [2.45, 2.75) is 17.9 Å². The molecule has 0 aliphatic rings. The summed E-state index contributed by atoms with van der Waals surface area (Å²) in [6, 6.07) is 3.30. The highest BCUT2D eigenvalue weighted by atomic mass is 79.9. The third-order valence-corrected chi connectivity index (χ3v) is 3.33. The molecule has 0 saturated carbocycles. The summed E-state index contributed by atoms with van der Waals surface area (Å²) in [6.07, 6.45) is -4.49. The van der Waals surface area contributed by atoms with Crippen molar-refractivity contribution < 1.29 is 22.8 Å². The molecule has 0 spiro atoms. The lowest BCUT2D eigenvalue weighted by atomic mass is 9.98. The number of hydrogen-bond acceptors (Lipinski definition) is 2. The molecule has 1 atom stereocenters. The Balaban J connectivity index is 3.44. The summed E-state index contributed by atoms with van der Waals surface area (Å²) >= 11 is 2.97. The molecule has 1 unspecified atom stereocenters. The zero-order valence-electron chi connectivity index (χ0n) is 8.72. The number of ketones is 1. The SMILES string of the molecule is CC(=O)C(Br)c1cccc(C(F)(F)F)c1C=O. The number of aldehydes is 1. The first-order valence-electron chi connectivity index (χ1n) is 4.59. The van der Waals surface area contributed by atoms with Gasteiger partial charge in [0, 0.05) is 5.56 Å². The number of Topliss-reactive ketones (excluding diaryl/α,β-unsaturated/α-hetero) is 1. The Morgan fingerprint density at radius 2 is 2.00 bits per heavy atom. The van der Waals surface area contributed by atoms with Gasteiger partial charge < -0.3 is 0 Å². The van der Waals surface area contributed by atoms with E-state index in [0.29, 0.717) is 0 Å². The van der Waals surface area contributed by atoms with E-state index < -0.39 is 22.1 Å². The van der Waals surface area contributed by atoms with Gasteiger partial charge in [0.25, 0.3) is 0 Å². The van der Waals surface area contributed by atoms with Gasteiger partial charge in [-0.1, -0.05) is 28.1 Å². The normalized spacial score (nSPS) is 13.2. The van der Waals surface area contributed by atoms with Gasteiger partial charge in [0.2, 0.25) is 0 Å². The Labute approximate surface area is 104 Å². The van der Waals surface area contributed by atoms with Gasteiger partial charge in [-0.2, -0.15) is 13.2 Å². The Kier molecular flexibility index (Phi) is 4.08. The smallest absolute Gasteiger partial charge is 0.298 e. The maximum absolute atomic E-state index is 12.6. The lowest BCUT2D eigenvalue weighted by Gasteiger charge is -2.15. The van der Waals surface area contributed by atoms with Crippen LogP contribution in [0.15, 0.2) is 18.2 Å². The standard InChI is InChI=1S/C11H8BrF3O2/c1-6(17)10(12)7-3-2-4-9(8(7)5-16)11(13,14)15/h2-5,10H,1H3. The quantitative estimate of drug-likeness (QED) is 0.632. The van der Waals surface area contributed by atoms with Crippen LogP contribution in [0.4, 0.5) is 13.2 Å². The number of rotatable bonds is 3. The molecular formula is C11H8BrF3O2. The monoisotopic (exact) mass is 308 g/mol. The van der Waals surface area contributed by atoms with E-state index in [2.05, 4.69) is 15.9 Å². The largest absolute Gasteiger partial charge is 0.417 e. The van der Waals surface area contributed by atoms with Crippen LogP contribution < -0.4 is 0 Å². The van der Waals surface area contributed by atoms with Gasteiger partial charge in [-0.05, 0) is 18.6 Å². The molecule has 1 aromatic rings. The molecule has 0 amide bonds. The van der Waals surface area contributed by atoms with E-state index in [1.54, 1.807) is 0 Å². The summed E-state index contributed by atoms with van der Waals surface area (Å²) < 4.78 is 37.9. The van der Waals surface area contributed by atoms with Crippen LogP contribution in [0.5, 0.6) is 0 Å². The lowest BCUT2D eigenvalue weighted by Crippen LogP contribution is -2.13. The topological polar surface area (TPSA) is 34.1 Å². The van der Waals surface area contributed by atoms with Gasteiger partial charge in [-0.15, -0.1) is 0 Å². The molecule has 0 radical (unpaired) electrons. The predicted molar refractivity (Wildman–Crippen MR) is 59.2 cm³/mol. The first kappa shape index (κ1) is 13.9. The van der Waals surface area contributed by atoms with E-state index in [4.69, 9.17) is 0 Å². The number of hydrogen-bond donors (Lipinski definition) is 0. The van der Waals surface area contributed by atoms with Gasteiger partial charge in [0.05, 0.1) is 10.4 Å². The minimum atomic E-state index is -4.62. The number of alkyl halides is 4. The van der Waals surface area contributed by atoms with Crippen LogP contribution in [0.2, 0.25) is 0 Å². The second kappa shape index (κ2) is 5.00. The van der Waals surface area contributed by atoms with Gasteiger partial charge in [-0.25, -0.2) is 0 Å². The van der Waals surface area contributed by atoms with Crippen molar-refractivity contribution in [2.24, 2.45) is 0 Å². The third-order valence-electron chi connectivity index (χ3n) is 2.19. The van der Waals surface area contributed by atoms with Crippen LogP contribution >= 0.6 is 15.9 Å². The zero-order valence-corrected chi connectivity index (χ0v) is 10.3. The molecule has 0 saturated heterocycles. The molecule has 0 bridgehead atoms. The molecule has 92 valence electrons. The first-order valence-corrected chi connectivity index (χ1v) is 5.50. The summed E-state index contributed by atoms with van der Waals surface area (Å²) in [5.74, 6) is -0.368. The van der Waals surface area contributed by atoms with Gasteiger partial charge in [0.15, 0.2) is 6.29 Å². The molecule has 1 rings (SSSR count). The molecule has 0 N–H and O–H groups in total. The van der Waals surface area contributed by atoms with Crippen molar-refractivity contribution in [3.8, 4) is 0 Å². The average molecular weight is 309 g/mol. The van der Waals surface area contributed by atoms with E-state index in [9.17, 15) is 22.8 Å². The maximum Gasteiger partial charge on any atom is 0.417 e. The highest BCUT2D eigenvalue weighted by Crippen LogP contribution is 2.36. The Hall–Kier alpha value is -1.17. The van der Waals surface area contributed by atoms with E-state index in [-0.39, 0.29) is 17.6 Å². The van der Waals surface area contributed by atoms with Gasteiger partial charge in [-0.3, -0.25) is 9.59 Å². The fraction of sp³-hybridized carbons (Fsp3) is 0.273. The molecule has 2 nitrogen and oxygen atoms in total. The molecule has 0 aromatic heterocycles. The fourth-order valence-electron chi connectivity index (χ4n) is 1.40. The van der Waals surface area contributed by atoms with E-state index >= 15 is 0 Å². The van der Waals surface area contributed by atoms with Crippen LogP contribution in [-0.2, 0) is 11.0 Å². The second-order valence-corrected chi connectivity index (χ2v) is 4.31. The third kappa shape index (κ3) is 2.94. The highest BCUT2D eigenvalue weighted by Gasteiger charge is 2.35. The second-order valence-electron chi connectivity index (χ2n) is 3.40. The minimum absolute atomic E-state index is 0.0299. The number of benzene rings is 1. The molecular weight excluding hydrogens is 301 g/mol. The summed E-state index contributed by atoms with van der Waals surface area (Å²) in [4.78, 5) is 21.0. The molecule has 17 heavy (non-hydrogen) atoms. The van der Waals surface area contributed by atoms with Crippen molar-refractivity contribution >= 4 is 28.0 Å². The van der Waals surface area contributed by atoms with Crippen LogP contribution in [0.1, 0.15) is 33.2 Å². The van der Waals surface area contributed by atoms with Crippen molar-refractivity contribution in [1.82, 2.24) is 0 Å². The Morgan fingerprint density at radius 3 is 2.41 bits per heavy atom. The van der Waals surface area contributed by atoms with E-state index in [1.165, 1.54) is 19.1 Å². The number of carbonyl (C=O) groups excluding carboxylic acids is 2. The predicted octanol–water partition coefficient (Wildman–Crippen LogP) is 3.54. The van der Waals surface area contributed by atoms with Crippen LogP contribution in [0.25, 0.3) is 0 Å². The van der Waals surface area contributed by atoms with Crippen LogP contribution in [-0.4, -0.2) is 12.1 Å². The first-order chi connectivity index (χ1) is 7.79. The van der Waals surface area contributed by atoms with E-state index in [0.717, 1.165) is 6.07 Å². The lowest BCUT2D eigenvalue weighted by molar-refractivity contribution is -0.138. The Morgan fingerprint density at radius 1 is 1.41 bits per heavy atom. The van der Waals surface area contributed by atoms with Gasteiger partial charge >= 0.3 is 6.18 Å². The molecule has 0 aliphatic carbocycles. The molecule has 0 aliphatic heterocycles. The highest BCUT2D eigenvalue weighted by molar-refractivity contribution is 9.09. The Bertz CT molecular complexity index is 455. The average Bonchev–Trinajstić information content (AvgIpc) is 2.25. The summed E-state index contributed by atoms with van der Waals surface area (Å²) in [6.45, 7) is 1.23. The van der Waals surface area contributed by atoms with E-state index in [1.807, 2.05) is 0 Å². The summed E-state index contributed by atoms with van der Waals surface area (Å²) in [5, 5.41) is 0. The van der Waals surface area contributed by atoms with Crippen LogP contribution in [0, 0.1) is 0 Å². The molecule has 1 aromatic carbocycles. The summed E-state index contributed by atoms with van der Waals surface area (Å²) in [5.41, 5.74) is -1.50. The number of carbonyl (C=O) groups is 2. The minimum Gasteiger partial charge on any atom is -0.298 e. The maximum atomic E-state index is 12.6. The van der Waals surface area contributed by atoms with Crippen molar-refractivity contribution in [2.75, 3.05) is 0 Å². The van der Waals surface area contributed by atoms with Crippen LogP contribution in [0.3, 0.4) is 0 Å². The number of halogens is 4. The molecule has 0 fully saturated rings. The van der Waals surface area contributed by atoms with Gasteiger partial charge in [0.1, 0.15) is 5.78 Å². The zero-order chi connectivity index (χ0) is 13.2.